The van der Waals surface area contributed by atoms with Crippen molar-refractivity contribution in [3.8, 4) is 0 Å². The number of nitrogens with two attached hydrogens (primary N) is 1. The van der Waals surface area contributed by atoms with Crippen LogP contribution in [-0.4, -0.2) is 27.3 Å². The van der Waals surface area contributed by atoms with Crippen LogP contribution in [-0.2, 0) is 20.2 Å². The lowest BCUT2D eigenvalue weighted by atomic mass is 9.90. The first-order valence-corrected chi connectivity index (χ1v) is 7.37. The number of rotatable bonds is 3. The molecule has 0 amide bonds. The quantitative estimate of drug-likeness (QED) is 0.876. The van der Waals surface area contributed by atoms with Crippen LogP contribution < -0.4 is 5.73 Å². The molecule has 1 aromatic carbocycles. The van der Waals surface area contributed by atoms with E-state index in [1.54, 1.807) is 18.2 Å². The summed E-state index contributed by atoms with van der Waals surface area (Å²) in [6.45, 7) is 2.71. The third-order valence-electron chi connectivity index (χ3n) is 3.24. The zero-order chi connectivity index (χ0) is 12.5. The van der Waals surface area contributed by atoms with Gasteiger partial charge in [-0.3, -0.25) is 0 Å². The number of benzene rings is 1. The van der Waals surface area contributed by atoms with Gasteiger partial charge in [-0.15, -0.1) is 0 Å². The molecular formula is C12H17NO3S. The van der Waals surface area contributed by atoms with Crippen molar-refractivity contribution in [3.63, 3.8) is 0 Å². The number of fused-ring (bicyclic) bond motifs is 1. The minimum absolute atomic E-state index is 0.0984. The molecule has 2 rings (SSSR count). The van der Waals surface area contributed by atoms with Crippen molar-refractivity contribution in [3.05, 3.63) is 29.8 Å². The van der Waals surface area contributed by atoms with Gasteiger partial charge in [0.1, 0.15) is 5.60 Å². The minimum atomic E-state index is -3.18. The molecule has 0 aliphatic carbocycles. The van der Waals surface area contributed by atoms with Gasteiger partial charge >= 0.3 is 0 Å². The van der Waals surface area contributed by atoms with E-state index < -0.39 is 15.4 Å². The Morgan fingerprint density at radius 2 is 2.12 bits per heavy atom. The van der Waals surface area contributed by atoms with Gasteiger partial charge in [-0.2, -0.15) is 0 Å². The Kier molecular flexibility index (Phi) is 3.25. The van der Waals surface area contributed by atoms with Gasteiger partial charge in [0.05, 0.1) is 10.6 Å². The zero-order valence-corrected chi connectivity index (χ0v) is 10.7. The summed E-state index contributed by atoms with van der Waals surface area (Å²) in [6, 6.07) is 6.99. The summed E-state index contributed by atoms with van der Waals surface area (Å²) in [5, 5.41) is 0. The van der Waals surface area contributed by atoms with Gasteiger partial charge in [-0.25, -0.2) is 8.42 Å². The summed E-state index contributed by atoms with van der Waals surface area (Å²) in [4.78, 5) is 0.366. The topological polar surface area (TPSA) is 69.4 Å². The molecule has 1 heterocycles. The van der Waals surface area contributed by atoms with E-state index in [1.165, 1.54) is 0 Å². The van der Waals surface area contributed by atoms with Gasteiger partial charge in [0.25, 0.3) is 0 Å². The predicted octanol–water partition coefficient (Wildman–Crippen LogP) is 1.05. The molecule has 0 spiro atoms. The van der Waals surface area contributed by atoms with Crippen molar-refractivity contribution in [1.82, 2.24) is 0 Å². The molecule has 0 bridgehead atoms. The maximum Gasteiger partial charge on any atom is 0.178 e. The van der Waals surface area contributed by atoms with Crippen molar-refractivity contribution >= 4 is 9.84 Å². The summed E-state index contributed by atoms with van der Waals surface area (Å²) in [5.41, 5.74) is 5.87. The smallest absolute Gasteiger partial charge is 0.178 e. The van der Waals surface area contributed by atoms with E-state index in [1.807, 2.05) is 13.0 Å². The molecule has 0 fully saturated rings. The highest BCUT2D eigenvalue weighted by atomic mass is 32.2. The lowest BCUT2D eigenvalue weighted by Gasteiger charge is -2.37. The molecule has 1 aromatic rings. The van der Waals surface area contributed by atoms with Crippen LogP contribution in [0.25, 0.3) is 0 Å². The highest BCUT2D eigenvalue weighted by Crippen LogP contribution is 2.38. The number of sulfone groups is 1. The minimum Gasteiger partial charge on any atom is -0.369 e. The molecule has 1 atom stereocenters. The van der Waals surface area contributed by atoms with E-state index in [0.717, 1.165) is 0 Å². The normalized spacial score (nSPS) is 26.5. The molecule has 4 nitrogen and oxygen atoms in total. The average molecular weight is 255 g/mol. The van der Waals surface area contributed by atoms with E-state index in [4.69, 9.17) is 10.5 Å². The summed E-state index contributed by atoms with van der Waals surface area (Å²) in [6.07, 6.45) is 0.427. The van der Waals surface area contributed by atoms with Gasteiger partial charge in [0, 0.05) is 18.7 Å². The fourth-order valence-electron chi connectivity index (χ4n) is 2.36. The number of hydrogen-bond donors (Lipinski definition) is 1. The van der Waals surface area contributed by atoms with Crippen LogP contribution in [0.5, 0.6) is 0 Å². The van der Waals surface area contributed by atoms with Crippen molar-refractivity contribution < 1.29 is 13.2 Å². The molecular weight excluding hydrogens is 238 g/mol. The molecule has 1 unspecified atom stereocenters. The van der Waals surface area contributed by atoms with Gasteiger partial charge < -0.3 is 10.5 Å². The van der Waals surface area contributed by atoms with E-state index in [2.05, 4.69) is 0 Å². The number of hydrogen-bond acceptors (Lipinski definition) is 4. The molecule has 2 N–H and O–H groups in total. The van der Waals surface area contributed by atoms with Gasteiger partial charge in [-0.05, 0) is 19.4 Å². The Hall–Kier alpha value is -0.910. The molecule has 17 heavy (non-hydrogen) atoms. The molecule has 0 radical (unpaired) electrons. The van der Waals surface area contributed by atoms with Crippen LogP contribution in [0.15, 0.2) is 29.2 Å². The first kappa shape index (κ1) is 12.5. The lowest BCUT2D eigenvalue weighted by Crippen LogP contribution is -2.43. The molecule has 0 saturated heterocycles. The molecule has 5 heteroatoms. The van der Waals surface area contributed by atoms with Crippen molar-refractivity contribution in [2.24, 2.45) is 5.73 Å². The summed E-state index contributed by atoms with van der Waals surface area (Å²) >= 11 is 0. The van der Waals surface area contributed by atoms with Gasteiger partial charge in [-0.1, -0.05) is 18.2 Å². The highest BCUT2D eigenvalue weighted by Gasteiger charge is 2.41. The SMILES string of the molecule is CCOC1(CN)CCS(=O)(=O)c2ccccc21. The monoisotopic (exact) mass is 255 g/mol. The standard InChI is InChI=1S/C12H17NO3S/c1-2-16-12(9-13)7-8-17(14,15)11-6-4-3-5-10(11)12/h3-6H,2,7-9,13H2,1H3. The Morgan fingerprint density at radius 3 is 2.76 bits per heavy atom. The van der Waals surface area contributed by atoms with E-state index in [9.17, 15) is 8.42 Å². The Morgan fingerprint density at radius 1 is 1.41 bits per heavy atom. The van der Waals surface area contributed by atoms with Gasteiger partial charge in [0.2, 0.25) is 0 Å². The van der Waals surface area contributed by atoms with Crippen LogP contribution in [0.4, 0.5) is 0 Å². The first-order chi connectivity index (χ1) is 8.06. The molecule has 1 aliphatic heterocycles. The van der Waals surface area contributed by atoms with Crippen molar-refractivity contribution in [2.75, 3.05) is 18.9 Å². The lowest BCUT2D eigenvalue weighted by molar-refractivity contribution is -0.0432. The fourth-order valence-corrected chi connectivity index (χ4v) is 4.05. The summed E-state index contributed by atoms with van der Waals surface area (Å²) in [7, 11) is -3.18. The van der Waals surface area contributed by atoms with E-state index in [0.29, 0.717) is 30.0 Å². The molecule has 0 saturated carbocycles. The Labute approximate surface area is 102 Å². The third-order valence-corrected chi connectivity index (χ3v) is 5.01. The van der Waals surface area contributed by atoms with E-state index in [-0.39, 0.29) is 5.75 Å². The van der Waals surface area contributed by atoms with Crippen LogP contribution in [0, 0.1) is 0 Å². The summed E-state index contributed by atoms with van der Waals surface area (Å²) < 4.78 is 29.7. The first-order valence-electron chi connectivity index (χ1n) is 5.72. The maximum absolute atomic E-state index is 12.0. The predicted molar refractivity (Wildman–Crippen MR) is 65.5 cm³/mol. The van der Waals surface area contributed by atoms with Crippen molar-refractivity contribution in [2.45, 2.75) is 23.8 Å². The maximum atomic E-state index is 12.0. The van der Waals surface area contributed by atoms with Gasteiger partial charge in [0.15, 0.2) is 9.84 Å². The summed E-state index contributed by atoms with van der Waals surface area (Å²) in [5.74, 6) is 0.0984. The second-order valence-electron chi connectivity index (χ2n) is 4.20. The highest BCUT2D eigenvalue weighted by molar-refractivity contribution is 7.91. The second kappa shape index (κ2) is 4.40. The average Bonchev–Trinajstić information content (AvgIpc) is 2.34. The van der Waals surface area contributed by atoms with Crippen molar-refractivity contribution in [1.29, 1.82) is 0 Å². The number of ether oxygens (including phenoxy) is 1. The zero-order valence-electron chi connectivity index (χ0n) is 9.85. The molecule has 94 valence electrons. The van der Waals surface area contributed by atoms with Crippen LogP contribution in [0.1, 0.15) is 18.9 Å². The fraction of sp³-hybridized carbons (Fsp3) is 0.500. The largest absolute Gasteiger partial charge is 0.369 e. The molecule has 1 aliphatic rings. The Balaban J connectivity index is 2.62. The second-order valence-corrected chi connectivity index (χ2v) is 6.27. The Bertz CT molecular complexity index is 512. The third kappa shape index (κ3) is 1.99. The molecule has 0 aromatic heterocycles. The van der Waals surface area contributed by atoms with Crippen LogP contribution in [0.2, 0.25) is 0 Å². The van der Waals surface area contributed by atoms with E-state index >= 15 is 0 Å². The van der Waals surface area contributed by atoms with Crippen LogP contribution >= 0.6 is 0 Å². The van der Waals surface area contributed by atoms with Crippen LogP contribution in [0.3, 0.4) is 0 Å².